The molecule has 0 aromatic carbocycles. The van der Waals surface area contributed by atoms with Gasteiger partial charge in [-0.15, -0.1) is 0 Å². The van der Waals surface area contributed by atoms with Crippen LogP contribution in [0.2, 0.25) is 0 Å². The van der Waals surface area contributed by atoms with Crippen LogP contribution in [0.25, 0.3) is 11.0 Å². The van der Waals surface area contributed by atoms with Crippen molar-refractivity contribution in [1.29, 1.82) is 0 Å². The predicted octanol–water partition coefficient (Wildman–Crippen LogP) is 1.99. The van der Waals surface area contributed by atoms with Crippen molar-refractivity contribution < 1.29 is 0 Å². The van der Waals surface area contributed by atoms with E-state index in [-0.39, 0.29) is 11.0 Å². The minimum atomic E-state index is -0.137. The molecule has 1 saturated heterocycles. The molecule has 0 spiro atoms. The largest absolute Gasteiger partial charge is 0.342 e. The zero-order valence-electron chi connectivity index (χ0n) is 15.7. The van der Waals surface area contributed by atoms with Crippen molar-refractivity contribution in [3.8, 4) is 0 Å². The molecule has 1 aliphatic rings. The van der Waals surface area contributed by atoms with Crippen molar-refractivity contribution in [2.45, 2.75) is 45.1 Å². The Kier molecular flexibility index (Phi) is 3.86. The molecule has 0 amide bonds. The van der Waals surface area contributed by atoms with Gasteiger partial charge in [0, 0.05) is 37.8 Å². The number of nitrogens with zero attached hydrogens (tertiary/aromatic N) is 6. The van der Waals surface area contributed by atoms with E-state index in [2.05, 4.69) is 53.0 Å². The average molecular weight is 355 g/mol. The number of aromatic nitrogens is 6. The quantitative estimate of drug-likeness (QED) is 0.777. The monoisotopic (exact) mass is 355 g/mol. The Hall–Kier alpha value is -2.64. The molecule has 4 rings (SSSR count). The lowest BCUT2D eigenvalue weighted by Crippen LogP contribution is -2.42. The summed E-state index contributed by atoms with van der Waals surface area (Å²) in [7, 11) is 1.80. The van der Waals surface area contributed by atoms with E-state index in [9.17, 15) is 4.79 Å². The Bertz CT molecular complexity index is 989. The van der Waals surface area contributed by atoms with Gasteiger partial charge in [0.2, 0.25) is 5.95 Å². The Labute approximate surface area is 151 Å². The van der Waals surface area contributed by atoms with Gasteiger partial charge >= 0.3 is 0 Å². The predicted molar refractivity (Wildman–Crippen MR) is 101 cm³/mol. The molecule has 8 nitrogen and oxygen atoms in total. The topological polar surface area (TPSA) is 84.6 Å². The number of aromatic amines is 1. The number of rotatable bonds is 3. The molecule has 3 aromatic rings. The fraction of sp³-hybridized carbons (Fsp3) is 0.556. The number of fused-ring (bicyclic) bond motifs is 1. The average Bonchev–Trinajstić information content (AvgIpc) is 3.24. The summed E-state index contributed by atoms with van der Waals surface area (Å²) in [4.78, 5) is 22.0. The van der Waals surface area contributed by atoms with Crippen LogP contribution in [0.4, 0.5) is 5.95 Å². The molecular weight excluding hydrogens is 330 g/mol. The molecule has 1 fully saturated rings. The lowest BCUT2D eigenvalue weighted by Gasteiger charge is -2.38. The molecule has 8 heteroatoms. The van der Waals surface area contributed by atoms with Gasteiger partial charge in [-0.25, -0.2) is 0 Å². The number of aryl methyl sites for hydroxylation is 1. The van der Waals surface area contributed by atoms with Crippen molar-refractivity contribution in [3.63, 3.8) is 0 Å². The molecule has 0 radical (unpaired) electrons. The van der Waals surface area contributed by atoms with Crippen LogP contribution >= 0.6 is 0 Å². The third-order valence-electron chi connectivity index (χ3n) is 5.51. The molecule has 0 saturated carbocycles. The maximum Gasteiger partial charge on any atom is 0.263 e. The fourth-order valence-corrected chi connectivity index (χ4v) is 3.59. The van der Waals surface area contributed by atoms with Crippen LogP contribution in [0.3, 0.4) is 0 Å². The van der Waals surface area contributed by atoms with Gasteiger partial charge in [-0.2, -0.15) is 15.2 Å². The van der Waals surface area contributed by atoms with E-state index in [1.54, 1.807) is 17.9 Å². The Morgan fingerprint density at radius 2 is 2.00 bits per heavy atom. The summed E-state index contributed by atoms with van der Waals surface area (Å²) in [6, 6.07) is 2.50. The van der Waals surface area contributed by atoms with Crippen LogP contribution in [0.15, 0.2) is 23.3 Å². The molecule has 1 N–H and O–H groups in total. The van der Waals surface area contributed by atoms with E-state index in [0.29, 0.717) is 23.0 Å². The molecule has 3 aromatic heterocycles. The Balaban J connectivity index is 1.56. The molecular formula is C18H25N7O. The van der Waals surface area contributed by atoms with E-state index >= 15 is 0 Å². The number of nitrogens with one attached hydrogen (secondary N) is 1. The number of anilines is 1. The number of hydrogen-bond donors (Lipinski definition) is 1. The summed E-state index contributed by atoms with van der Waals surface area (Å²) in [6.45, 7) is 8.21. The van der Waals surface area contributed by atoms with Gasteiger partial charge < -0.3 is 4.90 Å². The van der Waals surface area contributed by atoms with E-state index in [1.165, 1.54) is 0 Å². The molecule has 4 heterocycles. The summed E-state index contributed by atoms with van der Waals surface area (Å²) in [5.41, 5.74) is 1.68. The first-order chi connectivity index (χ1) is 12.4. The van der Waals surface area contributed by atoms with Gasteiger partial charge in [0.15, 0.2) is 5.65 Å². The van der Waals surface area contributed by atoms with E-state index < -0.39 is 0 Å². The van der Waals surface area contributed by atoms with Gasteiger partial charge in [-0.05, 0) is 32.8 Å². The van der Waals surface area contributed by atoms with Crippen LogP contribution in [0, 0.1) is 0 Å². The zero-order chi connectivity index (χ0) is 18.5. The van der Waals surface area contributed by atoms with Crippen molar-refractivity contribution in [2.24, 2.45) is 7.05 Å². The highest BCUT2D eigenvalue weighted by Gasteiger charge is 2.34. The first-order valence-corrected chi connectivity index (χ1v) is 9.10. The minimum Gasteiger partial charge on any atom is -0.342 e. The third-order valence-corrected chi connectivity index (χ3v) is 5.51. The summed E-state index contributed by atoms with van der Waals surface area (Å²) in [5.74, 6) is 0.626. The summed E-state index contributed by atoms with van der Waals surface area (Å²) in [5, 5.41) is 9.43. The normalized spacial score (nSPS) is 17.3. The van der Waals surface area contributed by atoms with Crippen molar-refractivity contribution in [1.82, 2.24) is 29.5 Å². The van der Waals surface area contributed by atoms with Crippen molar-refractivity contribution >= 4 is 17.0 Å². The van der Waals surface area contributed by atoms with Gasteiger partial charge in [0.05, 0.1) is 11.9 Å². The van der Waals surface area contributed by atoms with Gasteiger partial charge in [-0.3, -0.25) is 19.1 Å². The standard InChI is InChI=1S/C18H25N7O/c1-12(2)25-8-5-14(22-25)18(3)6-9-24(10-7-18)17-20-15-13(16(26)21-17)11-19-23(15)4/h5,8,11-12H,6-7,9-10H2,1-4H3,(H,20,21,26). The number of hydrogen-bond acceptors (Lipinski definition) is 5. The van der Waals surface area contributed by atoms with E-state index in [0.717, 1.165) is 31.6 Å². The van der Waals surface area contributed by atoms with Gasteiger partial charge in [0.25, 0.3) is 5.56 Å². The van der Waals surface area contributed by atoms with E-state index in [4.69, 9.17) is 5.10 Å². The molecule has 1 aliphatic heterocycles. The second-order valence-corrected chi connectivity index (χ2v) is 7.72. The molecule has 138 valence electrons. The zero-order valence-corrected chi connectivity index (χ0v) is 15.7. The smallest absolute Gasteiger partial charge is 0.263 e. The minimum absolute atomic E-state index is 0.0492. The Morgan fingerprint density at radius 3 is 2.65 bits per heavy atom. The van der Waals surface area contributed by atoms with Crippen LogP contribution in [-0.2, 0) is 12.5 Å². The number of H-pyrrole nitrogens is 1. The van der Waals surface area contributed by atoms with Crippen LogP contribution in [-0.4, -0.2) is 42.6 Å². The van der Waals surface area contributed by atoms with Crippen molar-refractivity contribution in [2.75, 3.05) is 18.0 Å². The highest BCUT2D eigenvalue weighted by atomic mass is 16.1. The third kappa shape index (κ3) is 2.69. The van der Waals surface area contributed by atoms with Crippen LogP contribution in [0.5, 0.6) is 0 Å². The second-order valence-electron chi connectivity index (χ2n) is 7.72. The summed E-state index contributed by atoms with van der Waals surface area (Å²) >= 11 is 0. The first kappa shape index (κ1) is 16.8. The lowest BCUT2D eigenvalue weighted by atomic mass is 9.78. The highest BCUT2D eigenvalue weighted by Crippen LogP contribution is 2.35. The second kappa shape index (κ2) is 5.96. The maximum atomic E-state index is 12.3. The summed E-state index contributed by atoms with van der Waals surface area (Å²) < 4.78 is 3.66. The summed E-state index contributed by atoms with van der Waals surface area (Å²) in [6.07, 6.45) is 5.56. The maximum absolute atomic E-state index is 12.3. The molecule has 0 aliphatic carbocycles. The van der Waals surface area contributed by atoms with Crippen molar-refractivity contribution in [3.05, 3.63) is 34.5 Å². The lowest BCUT2D eigenvalue weighted by molar-refractivity contribution is 0.345. The molecule has 0 atom stereocenters. The molecule has 0 bridgehead atoms. The molecule has 0 unspecified atom stereocenters. The fourth-order valence-electron chi connectivity index (χ4n) is 3.59. The highest BCUT2D eigenvalue weighted by molar-refractivity contribution is 5.74. The Morgan fingerprint density at radius 1 is 1.27 bits per heavy atom. The number of piperidine rings is 1. The van der Waals surface area contributed by atoms with Crippen LogP contribution < -0.4 is 10.5 Å². The van der Waals surface area contributed by atoms with Gasteiger partial charge in [0.1, 0.15) is 5.39 Å². The molecule has 26 heavy (non-hydrogen) atoms. The first-order valence-electron chi connectivity index (χ1n) is 9.10. The van der Waals surface area contributed by atoms with Crippen LogP contribution in [0.1, 0.15) is 45.3 Å². The van der Waals surface area contributed by atoms with Gasteiger partial charge in [-0.1, -0.05) is 6.92 Å². The van der Waals surface area contributed by atoms with E-state index in [1.807, 2.05) is 4.68 Å². The SMILES string of the molecule is CC(C)n1ccc(C2(C)CCN(c3nc4c(cnn4C)c(=O)[nH]3)CC2)n1.